The summed E-state index contributed by atoms with van der Waals surface area (Å²) in [4.78, 5) is 21.7. The number of nitro groups is 1. The zero-order valence-corrected chi connectivity index (χ0v) is 11.5. The van der Waals surface area contributed by atoms with Gasteiger partial charge in [0.2, 0.25) is 5.91 Å². The predicted octanol–water partition coefficient (Wildman–Crippen LogP) is 2.34. The number of terminal acetylenes is 1. The molecule has 0 heterocycles. The first-order valence-corrected chi connectivity index (χ1v) is 6.09. The normalized spacial score (nSPS) is 9.68. The highest BCUT2D eigenvalue weighted by Crippen LogP contribution is 2.27. The lowest BCUT2D eigenvalue weighted by Crippen LogP contribution is -2.14. The lowest BCUT2D eigenvalue weighted by Gasteiger charge is -2.05. The highest BCUT2D eigenvalue weighted by atomic mass is 79.9. The Balaban J connectivity index is 2.58. The molecule has 6 nitrogen and oxygen atoms in total. The molecule has 1 rings (SSSR count). The Kier molecular flexibility index (Phi) is 5.99. The molecule has 0 aliphatic carbocycles. The van der Waals surface area contributed by atoms with Crippen LogP contribution in [0.1, 0.15) is 6.42 Å². The minimum Gasteiger partial charge on any atom is -0.368 e. The molecule has 0 fully saturated rings. The average molecular weight is 327 g/mol. The van der Waals surface area contributed by atoms with Crippen LogP contribution in [0.4, 0.5) is 11.4 Å². The second-order valence-corrected chi connectivity index (χ2v) is 4.33. The van der Waals surface area contributed by atoms with Gasteiger partial charge in [-0.1, -0.05) is 5.92 Å². The molecule has 1 aromatic rings. The minimum absolute atomic E-state index is 0.110. The third kappa shape index (κ3) is 5.07. The molecule has 0 aliphatic rings. The maximum Gasteiger partial charge on any atom is 0.285 e. The van der Waals surface area contributed by atoms with Crippen molar-refractivity contribution >= 4 is 33.2 Å². The number of nitro benzene ring substituents is 1. The SMILES string of the molecule is C#CCOCCC(=O)Nc1ccc(Br)c([N+](=O)[O-])c1. The number of hydrogen-bond donors (Lipinski definition) is 1. The molecule has 0 spiro atoms. The Morgan fingerprint density at radius 3 is 2.95 bits per heavy atom. The van der Waals surface area contributed by atoms with Crippen molar-refractivity contribution in [3.63, 3.8) is 0 Å². The Bertz CT molecular complexity index is 525. The Morgan fingerprint density at radius 2 is 2.32 bits per heavy atom. The molecule has 0 aliphatic heterocycles. The van der Waals surface area contributed by atoms with Crippen LogP contribution in [0.15, 0.2) is 22.7 Å². The molecule has 0 radical (unpaired) electrons. The van der Waals surface area contributed by atoms with E-state index in [-0.39, 0.29) is 31.2 Å². The van der Waals surface area contributed by atoms with E-state index in [0.717, 1.165) is 0 Å². The van der Waals surface area contributed by atoms with Gasteiger partial charge in [0.15, 0.2) is 0 Å². The molecule has 0 saturated carbocycles. The Hall–Kier alpha value is -1.91. The van der Waals surface area contributed by atoms with Crippen molar-refractivity contribution in [1.29, 1.82) is 0 Å². The molecule has 19 heavy (non-hydrogen) atoms. The monoisotopic (exact) mass is 326 g/mol. The smallest absolute Gasteiger partial charge is 0.285 e. The number of hydrogen-bond acceptors (Lipinski definition) is 4. The van der Waals surface area contributed by atoms with E-state index in [1.165, 1.54) is 12.1 Å². The van der Waals surface area contributed by atoms with Gasteiger partial charge in [-0.25, -0.2) is 0 Å². The lowest BCUT2D eigenvalue weighted by molar-refractivity contribution is -0.385. The Labute approximate surface area is 118 Å². The topological polar surface area (TPSA) is 81.5 Å². The molecule has 0 atom stereocenters. The van der Waals surface area contributed by atoms with Gasteiger partial charge in [-0.05, 0) is 28.1 Å². The summed E-state index contributed by atoms with van der Waals surface area (Å²) in [7, 11) is 0. The van der Waals surface area contributed by atoms with Gasteiger partial charge in [0.25, 0.3) is 5.69 Å². The first kappa shape index (κ1) is 15.1. The highest BCUT2D eigenvalue weighted by molar-refractivity contribution is 9.10. The molecule has 0 bridgehead atoms. The van der Waals surface area contributed by atoms with Crippen molar-refractivity contribution in [1.82, 2.24) is 0 Å². The first-order chi connectivity index (χ1) is 9.04. The third-order valence-electron chi connectivity index (χ3n) is 2.09. The fourth-order valence-corrected chi connectivity index (χ4v) is 1.64. The predicted molar refractivity (Wildman–Crippen MR) is 73.7 cm³/mol. The standard InChI is InChI=1S/C12H11BrN2O4/c1-2-6-19-7-5-12(16)14-9-3-4-10(13)11(8-9)15(17)18/h1,3-4,8H,5-7H2,(H,14,16). The van der Waals surface area contributed by atoms with Gasteiger partial charge in [-0.2, -0.15) is 0 Å². The largest absolute Gasteiger partial charge is 0.368 e. The van der Waals surface area contributed by atoms with Crippen molar-refractivity contribution in [2.24, 2.45) is 0 Å². The molecule has 7 heteroatoms. The maximum absolute atomic E-state index is 11.5. The second-order valence-electron chi connectivity index (χ2n) is 3.48. The van der Waals surface area contributed by atoms with E-state index in [1.807, 2.05) is 0 Å². The average Bonchev–Trinajstić information content (AvgIpc) is 2.36. The molecule has 0 aromatic heterocycles. The van der Waals surface area contributed by atoms with E-state index in [0.29, 0.717) is 10.2 Å². The van der Waals surface area contributed by atoms with Gasteiger partial charge in [-0.15, -0.1) is 6.42 Å². The van der Waals surface area contributed by atoms with Crippen LogP contribution in [0, 0.1) is 22.5 Å². The summed E-state index contributed by atoms with van der Waals surface area (Å²) in [5.41, 5.74) is 0.248. The minimum atomic E-state index is -0.532. The number of ether oxygens (including phenoxy) is 1. The summed E-state index contributed by atoms with van der Waals surface area (Å²) in [6, 6.07) is 4.35. The summed E-state index contributed by atoms with van der Waals surface area (Å²) in [6.07, 6.45) is 5.11. The molecular weight excluding hydrogens is 316 g/mol. The van der Waals surface area contributed by atoms with Gasteiger partial charge in [0.1, 0.15) is 6.61 Å². The molecule has 0 saturated heterocycles. The highest BCUT2D eigenvalue weighted by Gasteiger charge is 2.13. The number of rotatable bonds is 6. The van der Waals surface area contributed by atoms with E-state index in [9.17, 15) is 14.9 Å². The quantitative estimate of drug-likeness (QED) is 0.376. The van der Waals surface area contributed by atoms with Gasteiger partial charge in [-0.3, -0.25) is 14.9 Å². The number of halogens is 1. The Morgan fingerprint density at radius 1 is 1.58 bits per heavy atom. The van der Waals surface area contributed by atoms with Gasteiger partial charge in [0.05, 0.1) is 22.4 Å². The van der Waals surface area contributed by atoms with Crippen LogP contribution >= 0.6 is 15.9 Å². The maximum atomic E-state index is 11.5. The summed E-state index contributed by atoms with van der Waals surface area (Å²) in [6.45, 7) is 0.353. The van der Waals surface area contributed by atoms with Crippen molar-refractivity contribution in [2.45, 2.75) is 6.42 Å². The van der Waals surface area contributed by atoms with Crippen molar-refractivity contribution in [2.75, 3.05) is 18.5 Å². The molecule has 1 N–H and O–H groups in total. The number of nitrogens with zero attached hydrogens (tertiary/aromatic N) is 1. The summed E-state index contributed by atoms with van der Waals surface area (Å²) < 4.78 is 5.31. The molecule has 0 unspecified atom stereocenters. The van der Waals surface area contributed by atoms with E-state index in [4.69, 9.17) is 11.2 Å². The van der Waals surface area contributed by atoms with Crippen LogP contribution in [0.5, 0.6) is 0 Å². The molecule has 100 valence electrons. The summed E-state index contributed by atoms with van der Waals surface area (Å²) >= 11 is 3.06. The van der Waals surface area contributed by atoms with Gasteiger partial charge < -0.3 is 10.1 Å². The lowest BCUT2D eigenvalue weighted by atomic mass is 10.2. The number of nitrogens with one attached hydrogen (secondary N) is 1. The fourth-order valence-electron chi connectivity index (χ4n) is 1.25. The van der Waals surface area contributed by atoms with Crippen LogP contribution < -0.4 is 5.32 Å². The van der Waals surface area contributed by atoms with Crippen LogP contribution in [0.2, 0.25) is 0 Å². The number of carbonyl (C=O) groups is 1. The number of anilines is 1. The zero-order valence-electron chi connectivity index (χ0n) is 9.89. The first-order valence-electron chi connectivity index (χ1n) is 5.29. The van der Waals surface area contributed by atoms with Crippen molar-refractivity contribution in [3.05, 3.63) is 32.8 Å². The number of benzene rings is 1. The van der Waals surface area contributed by atoms with Gasteiger partial charge in [0, 0.05) is 11.8 Å². The fraction of sp³-hybridized carbons (Fsp3) is 0.250. The van der Waals surface area contributed by atoms with E-state index in [1.54, 1.807) is 6.07 Å². The summed E-state index contributed by atoms with van der Waals surface area (Å²) in [5.74, 6) is 1.99. The van der Waals surface area contributed by atoms with E-state index < -0.39 is 4.92 Å². The van der Waals surface area contributed by atoms with Crippen LogP contribution in [0.25, 0.3) is 0 Å². The third-order valence-corrected chi connectivity index (χ3v) is 2.76. The molecule has 1 amide bonds. The second kappa shape index (κ2) is 7.51. The number of amides is 1. The van der Waals surface area contributed by atoms with Crippen molar-refractivity contribution in [3.8, 4) is 12.3 Å². The van der Waals surface area contributed by atoms with Gasteiger partial charge >= 0.3 is 0 Å². The van der Waals surface area contributed by atoms with Crippen LogP contribution in [-0.2, 0) is 9.53 Å². The summed E-state index contributed by atoms with van der Waals surface area (Å²) in [5, 5.41) is 13.3. The van der Waals surface area contributed by atoms with E-state index in [2.05, 4.69) is 27.2 Å². The zero-order chi connectivity index (χ0) is 14.3. The molecular formula is C12H11BrN2O4. The van der Waals surface area contributed by atoms with E-state index >= 15 is 0 Å². The molecule has 1 aromatic carbocycles. The van der Waals surface area contributed by atoms with Crippen LogP contribution in [0.3, 0.4) is 0 Å². The van der Waals surface area contributed by atoms with Crippen LogP contribution in [-0.4, -0.2) is 24.0 Å². The number of carbonyl (C=O) groups excluding carboxylic acids is 1. The van der Waals surface area contributed by atoms with Crippen molar-refractivity contribution < 1.29 is 14.5 Å².